The van der Waals surface area contributed by atoms with Crippen LogP contribution in [-0.4, -0.2) is 30.4 Å². The molecule has 0 saturated carbocycles. The molecule has 8 nitrogen and oxygen atoms in total. The number of carbonyl (C=O) groups excluding carboxylic acids is 2. The molecule has 27 heavy (non-hydrogen) atoms. The van der Waals surface area contributed by atoms with E-state index in [0.29, 0.717) is 5.69 Å². The minimum atomic E-state index is -0.538. The number of anilines is 2. The summed E-state index contributed by atoms with van der Waals surface area (Å²) in [7, 11) is 1.37. The van der Waals surface area contributed by atoms with Gasteiger partial charge in [0.25, 0.3) is 5.69 Å². The van der Waals surface area contributed by atoms with E-state index >= 15 is 0 Å². The zero-order valence-electron chi connectivity index (χ0n) is 15.0. The first-order valence-electron chi connectivity index (χ1n) is 8.40. The van der Waals surface area contributed by atoms with Gasteiger partial charge < -0.3 is 15.0 Å². The van der Waals surface area contributed by atoms with Crippen molar-refractivity contribution in [3.8, 4) is 5.75 Å². The predicted octanol–water partition coefficient (Wildman–Crippen LogP) is 2.90. The van der Waals surface area contributed by atoms with Gasteiger partial charge in [0.2, 0.25) is 11.8 Å². The number of non-ortho nitro benzene ring substituents is 1. The van der Waals surface area contributed by atoms with Crippen LogP contribution in [0.4, 0.5) is 17.1 Å². The average Bonchev–Trinajstić information content (AvgIpc) is 3.04. The fraction of sp³-hybridized carbons (Fsp3) is 0.263. The molecule has 2 aromatic rings. The highest BCUT2D eigenvalue weighted by Crippen LogP contribution is 2.31. The van der Waals surface area contributed by atoms with Gasteiger partial charge in [-0.3, -0.25) is 19.7 Å². The third kappa shape index (κ3) is 3.74. The minimum Gasteiger partial charge on any atom is -0.494 e. The van der Waals surface area contributed by atoms with E-state index < -0.39 is 10.8 Å². The third-order valence-corrected chi connectivity index (χ3v) is 4.56. The number of nitrogens with zero attached hydrogens (tertiary/aromatic N) is 2. The van der Waals surface area contributed by atoms with Gasteiger partial charge in [-0.25, -0.2) is 0 Å². The van der Waals surface area contributed by atoms with Gasteiger partial charge in [-0.1, -0.05) is 18.2 Å². The second-order valence-electron chi connectivity index (χ2n) is 6.32. The molecule has 0 spiro atoms. The zero-order valence-corrected chi connectivity index (χ0v) is 15.0. The Morgan fingerprint density at radius 1 is 1.30 bits per heavy atom. The monoisotopic (exact) mass is 369 g/mol. The largest absolute Gasteiger partial charge is 0.494 e. The molecule has 2 amide bonds. The van der Waals surface area contributed by atoms with Gasteiger partial charge in [-0.15, -0.1) is 0 Å². The molecule has 0 aromatic heterocycles. The highest BCUT2D eigenvalue weighted by Gasteiger charge is 2.36. The predicted molar refractivity (Wildman–Crippen MR) is 99.9 cm³/mol. The number of hydrogen-bond acceptors (Lipinski definition) is 5. The second kappa shape index (κ2) is 7.45. The number of hydrogen-bond donors (Lipinski definition) is 1. The van der Waals surface area contributed by atoms with Crippen LogP contribution in [0, 0.1) is 23.0 Å². The highest BCUT2D eigenvalue weighted by molar-refractivity contribution is 6.04. The number of methoxy groups -OCH3 is 1. The van der Waals surface area contributed by atoms with Crippen molar-refractivity contribution in [1.29, 1.82) is 0 Å². The van der Waals surface area contributed by atoms with Gasteiger partial charge in [-0.05, 0) is 24.6 Å². The summed E-state index contributed by atoms with van der Waals surface area (Å²) in [6.07, 6.45) is 0.107. The van der Waals surface area contributed by atoms with E-state index in [0.717, 1.165) is 11.3 Å². The smallest absolute Gasteiger partial charge is 0.273 e. The van der Waals surface area contributed by atoms with Crippen molar-refractivity contribution in [3.05, 3.63) is 58.1 Å². The average molecular weight is 369 g/mol. The third-order valence-electron chi connectivity index (χ3n) is 4.56. The minimum absolute atomic E-state index is 0.107. The van der Waals surface area contributed by atoms with E-state index in [1.165, 1.54) is 25.3 Å². The van der Waals surface area contributed by atoms with Crippen LogP contribution in [0.25, 0.3) is 0 Å². The number of benzene rings is 2. The number of carbonyl (C=O) groups is 2. The normalized spacial score (nSPS) is 16.3. The lowest BCUT2D eigenvalue weighted by Crippen LogP contribution is -2.28. The molecular formula is C19H19N3O5. The fourth-order valence-electron chi connectivity index (χ4n) is 3.11. The molecule has 0 aliphatic carbocycles. The number of nitrogens with one attached hydrogen (secondary N) is 1. The molecule has 0 unspecified atom stereocenters. The maximum absolute atomic E-state index is 12.6. The van der Waals surface area contributed by atoms with E-state index in [9.17, 15) is 19.7 Å². The number of nitro groups is 1. The Morgan fingerprint density at radius 2 is 2.04 bits per heavy atom. The molecule has 1 fully saturated rings. The summed E-state index contributed by atoms with van der Waals surface area (Å²) in [5.41, 5.74) is 1.95. The molecule has 8 heteroatoms. The first-order chi connectivity index (χ1) is 12.9. The van der Waals surface area contributed by atoms with E-state index in [4.69, 9.17) is 4.74 Å². The van der Waals surface area contributed by atoms with Crippen LogP contribution in [-0.2, 0) is 9.59 Å². The van der Waals surface area contributed by atoms with Crippen molar-refractivity contribution in [2.75, 3.05) is 23.9 Å². The topological polar surface area (TPSA) is 102 Å². The quantitative estimate of drug-likeness (QED) is 0.645. The van der Waals surface area contributed by atoms with Crippen molar-refractivity contribution in [2.45, 2.75) is 13.3 Å². The Bertz CT molecular complexity index is 912. The Morgan fingerprint density at radius 3 is 2.70 bits per heavy atom. The molecule has 1 aliphatic rings. The van der Waals surface area contributed by atoms with Crippen LogP contribution in [0.3, 0.4) is 0 Å². The standard InChI is InChI=1S/C19H19N3O5/c1-12-5-3-4-6-16(12)21-11-13(9-18(21)23)19(24)20-15-8-7-14(22(25)26)10-17(15)27-2/h3-8,10,13H,9,11H2,1-2H3,(H,20,24)/t13-/m0/s1. The zero-order chi connectivity index (χ0) is 19.6. The van der Waals surface area contributed by atoms with Crippen LogP contribution in [0.2, 0.25) is 0 Å². The van der Waals surface area contributed by atoms with Crippen LogP contribution >= 0.6 is 0 Å². The molecular weight excluding hydrogens is 350 g/mol. The van der Waals surface area contributed by atoms with Gasteiger partial charge in [0.15, 0.2) is 0 Å². The van der Waals surface area contributed by atoms with Crippen LogP contribution in [0.1, 0.15) is 12.0 Å². The Labute approximate surface area is 155 Å². The molecule has 2 aromatic carbocycles. The molecule has 1 heterocycles. The van der Waals surface area contributed by atoms with Crippen LogP contribution < -0.4 is 15.0 Å². The summed E-state index contributed by atoms with van der Waals surface area (Å²) >= 11 is 0. The lowest BCUT2D eigenvalue weighted by Gasteiger charge is -2.19. The molecule has 1 saturated heterocycles. The van der Waals surface area contributed by atoms with Gasteiger partial charge in [0, 0.05) is 24.7 Å². The molecule has 1 atom stereocenters. The lowest BCUT2D eigenvalue weighted by molar-refractivity contribution is -0.384. The van der Waals surface area contributed by atoms with Crippen molar-refractivity contribution in [2.24, 2.45) is 5.92 Å². The van der Waals surface area contributed by atoms with Gasteiger partial charge in [-0.2, -0.15) is 0 Å². The van der Waals surface area contributed by atoms with Crippen LogP contribution in [0.15, 0.2) is 42.5 Å². The molecule has 3 rings (SSSR count). The first-order valence-corrected chi connectivity index (χ1v) is 8.40. The maximum atomic E-state index is 12.6. The van der Waals surface area contributed by atoms with E-state index in [2.05, 4.69) is 5.32 Å². The number of para-hydroxylation sites is 1. The number of ether oxygens (including phenoxy) is 1. The van der Waals surface area contributed by atoms with Crippen LogP contribution in [0.5, 0.6) is 5.75 Å². The number of aryl methyl sites for hydroxylation is 1. The lowest BCUT2D eigenvalue weighted by atomic mass is 10.1. The van der Waals surface area contributed by atoms with Gasteiger partial charge >= 0.3 is 0 Å². The Hall–Kier alpha value is -3.42. The molecule has 0 bridgehead atoms. The Kier molecular flexibility index (Phi) is 5.07. The molecule has 0 radical (unpaired) electrons. The number of rotatable bonds is 5. The summed E-state index contributed by atoms with van der Waals surface area (Å²) in [5, 5.41) is 13.6. The molecule has 1 N–H and O–H groups in total. The van der Waals surface area contributed by atoms with E-state index in [-0.39, 0.29) is 36.2 Å². The summed E-state index contributed by atoms with van der Waals surface area (Å²) in [6.45, 7) is 2.20. The maximum Gasteiger partial charge on any atom is 0.273 e. The van der Waals surface area contributed by atoms with E-state index in [1.54, 1.807) is 4.90 Å². The summed E-state index contributed by atoms with van der Waals surface area (Å²) in [4.78, 5) is 37.0. The number of amides is 2. The summed E-state index contributed by atoms with van der Waals surface area (Å²) < 4.78 is 5.13. The van der Waals surface area contributed by atoms with Gasteiger partial charge in [0.1, 0.15) is 5.75 Å². The van der Waals surface area contributed by atoms with Crippen molar-refractivity contribution in [1.82, 2.24) is 0 Å². The van der Waals surface area contributed by atoms with Crippen molar-refractivity contribution >= 4 is 28.9 Å². The van der Waals surface area contributed by atoms with E-state index in [1.807, 2.05) is 31.2 Å². The van der Waals surface area contributed by atoms with Gasteiger partial charge in [0.05, 0.1) is 29.7 Å². The number of nitro benzene ring substituents is 1. The second-order valence-corrected chi connectivity index (χ2v) is 6.32. The fourth-order valence-corrected chi connectivity index (χ4v) is 3.11. The SMILES string of the molecule is COc1cc([N+](=O)[O-])ccc1NC(=O)[C@H]1CC(=O)N(c2ccccc2C)C1. The summed E-state index contributed by atoms with van der Waals surface area (Å²) in [6, 6.07) is 11.5. The molecule has 140 valence electrons. The molecule has 1 aliphatic heterocycles. The Balaban J connectivity index is 1.75. The van der Waals surface area contributed by atoms with Crippen molar-refractivity contribution < 1.29 is 19.2 Å². The first kappa shape index (κ1) is 18.4. The van der Waals surface area contributed by atoms with Crippen molar-refractivity contribution in [3.63, 3.8) is 0 Å². The summed E-state index contributed by atoms with van der Waals surface area (Å²) in [5.74, 6) is -0.763. The highest BCUT2D eigenvalue weighted by atomic mass is 16.6.